The van der Waals surface area contributed by atoms with Crippen molar-refractivity contribution in [1.29, 1.82) is 0 Å². The van der Waals surface area contributed by atoms with Crippen molar-refractivity contribution in [2.45, 2.75) is 6.54 Å². The number of hydrogen-bond donors (Lipinski definition) is 0. The Bertz CT molecular complexity index is 586. The molecule has 1 aromatic carbocycles. The summed E-state index contributed by atoms with van der Waals surface area (Å²) in [5.74, 6) is -0.986. The highest BCUT2D eigenvalue weighted by Crippen LogP contribution is 2.12. The van der Waals surface area contributed by atoms with Crippen molar-refractivity contribution in [3.05, 3.63) is 64.7 Å². The van der Waals surface area contributed by atoms with Crippen molar-refractivity contribution in [3.8, 4) is 0 Å². The first-order valence-corrected chi connectivity index (χ1v) is 6.06. The lowest BCUT2D eigenvalue weighted by Crippen LogP contribution is -2.27. The molecular formula is C14H12ClFN2O. The number of nitrogens with zero attached hydrogens (tertiary/aromatic N) is 2. The zero-order valence-electron chi connectivity index (χ0n) is 10.3. The Hall–Kier alpha value is -1.94. The smallest absolute Gasteiger partial charge is 0.272 e. The molecule has 3 nitrogen and oxygen atoms in total. The van der Waals surface area contributed by atoms with Crippen LogP contribution in [0.15, 0.2) is 42.5 Å². The van der Waals surface area contributed by atoms with Gasteiger partial charge in [-0.2, -0.15) is 4.39 Å². The van der Waals surface area contributed by atoms with Crippen LogP contribution in [0.1, 0.15) is 16.1 Å². The third kappa shape index (κ3) is 3.51. The quantitative estimate of drug-likeness (QED) is 0.808. The molecule has 0 radical (unpaired) electrons. The van der Waals surface area contributed by atoms with Gasteiger partial charge >= 0.3 is 0 Å². The normalized spacial score (nSPS) is 10.3. The molecule has 0 saturated heterocycles. The van der Waals surface area contributed by atoms with Crippen LogP contribution in [0.2, 0.25) is 5.02 Å². The van der Waals surface area contributed by atoms with Gasteiger partial charge in [-0.15, -0.1) is 0 Å². The number of pyridine rings is 1. The van der Waals surface area contributed by atoms with Gasteiger partial charge in [0.1, 0.15) is 5.69 Å². The molecule has 98 valence electrons. The van der Waals surface area contributed by atoms with Gasteiger partial charge in [-0.25, -0.2) is 4.98 Å². The topological polar surface area (TPSA) is 33.2 Å². The molecule has 1 heterocycles. The van der Waals surface area contributed by atoms with E-state index in [1.165, 1.54) is 23.1 Å². The first-order valence-electron chi connectivity index (χ1n) is 5.69. The molecular weight excluding hydrogens is 267 g/mol. The van der Waals surface area contributed by atoms with Crippen LogP contribution in [0.5, 0.6) is 0 Å². The van der Waals surface area contributed by atoms with Crippen LogP contribution < -0.4 is 0 Å². The largest absolute Gasteiger partial charge is 0.336 e. The van der Waals surface area contributed by atoms with Crippen LogP contribution in [0.4, 0.5) is 4.39 Å². The van der Waals surface area contributed by atoms with Crippen molar-refractivity contribution in [2.75, 3.05) is 7.05 Å². The molecule has 19 heavy (non-hydrogen) atoms. The molecule has 0 aliphatic heterocycles. The second-order valence-electron chi connectivity index (χ2n) is 4.13. The van der Waals surface area contributed by atoms with Gasteiger partial charge in [-0.05, 0) is 29.8 Å². The Morgan fingerprint density at radius 2 is 1.95 bits per heavy atom. The summed E-state index contributed by atoms with van der Waals surface area (Å²) < 4.78 is 13.0. The van der Waals surface area contributed by atoms with Gasteiger partial charge in [0.05, 0.1) is 0 Å². The minimum Gasteiger partial charge on any atom is -0.336 e. The number of aromatic nitrogens is 1. The Kier molecular flexibility index (Phi) is 4.12. The third-order valence-electron chi connectivity index (χ3n) is 2.61. The Morgan fingerprint density at radius 3 is 2.58 bits per heavy atom. The van der Waals surface area contributed by atoms with E-state index in [2.05, 4.69) is 4.98 Å². The van der Waals surface area contributed by atoms with E-state index in [-0.39, 0.29) is 11.6 Å². The molecule has 1 amide bonds. The van der Waals surface area contributed by atoms with Crippen LogP contribution in [0, 0.1) is 5.95 Å². The molecule has 0 fully saturated rings. The van der Waals surface area contributed by atoms with Crippen molar-refractivity contribution < 1.29 is 9.18 Å². The summed E-state index contributed by atoms with van der Waals surface area (Å²) in [4.78, 5) is 17.1. The van der Waals surface area contributed by atoms with E-state index in [0.29, 0.717) is 11.6 Å². The minimum absolute atomic E-state index is 0.0939. The van der Waals surface area contributed by atoms with Crippen molar-refractivity contribution >= 4 is 17.5 Å². The second-order valence-corrected chi connectivity index (χ2v) is 4.57. The highest BCUT2D eigenvalue weighted by atomic mass is 35.5. The number of hydrogen-bond acceptors (Lipinski definition) is 2. The number of amides is 1. The fourth-order valence-corrected chi connectivity index (χ4v) is 1.78. The molecule has 2 rings (SSSR count). The fraction of sp³-hybridized carbons (Fsp3) is 0.143. The Labute approximate surface area is 115 Å². The first-order chi connectivity index (χ1) is 9.06. The molecule has 0 atom stereocenters. The lowest BCUT2D eigenvalue weighted by atomic mass is 10.2. The molecule has 5 heteroatoms. The molecule has 0 saturated carbocycles. The van der Waals surface area contributed by atoms with E-state index in [1.807, 2.05) is 12.1 Å². The summed E-state index contributed by atoms with van der Waals surface area (Å²) in [6.45, 7) is 0.411. The van der Waals surface area contributed by atoms with Gasteiger partial charge in [0.15, 0.2) is 0 Å². The van der Waals surface area contributed by atoms with Crippen LogP contribution in [-0.4, -0.2) is 22.8 Å². The van der Waals surface area contributed by atoms with Crippen molar-refractivity contribution in [2.24, 2.45) is 0 Å². The highest BCUT2D eigenvalue weighted by molar-refractivity contribution is 6.30. The molecule has 2 aromatic rings. The molecule has 0 spiro atoms. The second kappa shape index (κ2) is 5.80. The zero-order valence-corrected chi connectivity index (χ0v) is 11.1. The van der Waals surface area contributed by atoms with Crippen LogP contribution in [0.3, 0.4) is 0 Å². The lowest BCUT2D eigenvalue weighted by molar-refractivity contribution is 0.0778. The highest BCUT2D eigenvalue weighted by Gasteiger charge is 2.13. The third-order valence-corrected chi connectivity index (χ3v) is 2.87. The van der Waals surface area contributed by atoms with E-state index in [0.717, 1.165) is 5.56 Å². The maximum absolute atomic E-state index is 13.0. The number of rotatable bonds is 3. The summed E-state index contributed by atoms with van der Waals surface area (Å²) in [5, 5.41) is 0.643. The van der Waals surface area contributed by atoms with Crippen LogP contribution in [0.25, 0.3) is 0 Å². The van der Waals surface area contributed by atoms with E-state index in [4.69, 9.17) is 11.6 Å². The lowest BCUT2D eigenvalue weighted by Gasteiger charge is -2.16. The van der Waals surface area contributed by atoms with Crippen LogP contribution in [-0.2, 0) is 6.54 Å². The summed E-state index contributed by atoms with van der Waals surface area (Å²) in [7, 11) is 1.64. The molecule has 0 bridgehead atoms. The maximum atomic E-state index is 13.0. The standard InChI is InChI=1S/C14H12ClFN2O/c1-18(9-10-5-7-11(15)8-6-10)14(19)12-3-2-4-13(16)17-12/h2-8H,9H2,1H3. The number of carbonyl (C=O) groups is 1. The summed E-state index contributed by atoms with van der Waals surface area (Å²) in [6, 6.07) is 11.4. The minimum atomic E-state index is -0.661. The molecule has 1 aromatic heterocycles. The average molecular weight is 279 g/mol. The Balaban J connectivity index is 2.09. The van der Waals surface area contributed by atoms with Gasteiger partial charge in [0, 0.05) is 18.6 Å². The van der Waals surface area contributed by atoms with E-state index in [9.17, 15) is 9.18 Å². The SMILES string of the molecule is CN(Cc1ccc(Cl)cc1)C(=O)c1cccc(F)n1. The summed E-state index contributed by atoms with van der Waals surface area (Å²) >= 11 is 5.79. The molecule has 0 unspecified atom stereocenters. The van der Waals surface area contributed by atoms with Crippen molar-refractivity contribution in [3.63, 3.8) is 0 Å². The van der Waals surface area contributed by atoms with Gasteiger partial charge < -0.3 is 4.90 Å². The predicted molar refractivity (Wildman–Crippen MR) is 71.4 cm³/mol. The van der Waals surface area contributed by atoms with Gasteiger partial charge in [-0.3, -0.25) is 4.79 Å². The van der Waals surface area contributed by atoms with Crippen molar-refractivity contribution in [1.82, 2.24) is 9.88 Å². The van der Waals surface area contributed by atoms with E-state index >= 15 is 0 Å². The predicted octanol–water partition coefficient (Wildman–Crippen LogP) is 3.15. The maximum Gasteiger partial charge on any atom is 0.272 e. The summed E-state index contributed by atoms with van der Waals surface area (Å²) in [5.41, 5.74) is 1.04. The van der Waals surface area contributed by atoms with Gasteiger partial charge in [0.25, 0.3) is 5.91 Å². The molecule has 0 N–H and O–H groups in total. The number of carbonyl (C=O) groups excluding carboxylic acids is 1. The van der Waals surface area contributed by atoms with Crippen LogP contribution >= 0.6 is 11.6 Å². The summed E-state index contributed by atoms with van der Waals surface area (Å²) in [6.07, 6.45) is 0. The Morgan fingerprint density at radius 1 is 1.26 bits per heavy atom. The molecule has 0 aliphatic rings. The van der Waals surface area contributed by atoms with Gasteiger partial charge in [0.2, 0.25) is 5.95 Å². The fourth-order valence-electron chi connectivity index (χ4n) is 1.66. The van der Waals surface area contributed by atoms with E-state index < -0.39 is 5.95 Å². The average Bonchev–Trinajstić information content (AvgIpc) is 2.40. The zero-order chi connectivity index (χ0) is 13.8. The molecule has 0 aliphatic carbocycles. The van der Waals surface area contributed by atoms with Gasteiger partial charge in [-0.1, -0.05) is 29.8 Å². The first kappa shape index (κ1) is 13.5. The number of halogens is 2. The van der Waals surface area contributed by atoms with E-state index in [1.54, 1.807) is 19.2 Å². The number of benzene rings is 1. The monoisotopic (exact) mass is 278 g/mol.